The van der Waals surface area contributed by atoms with E-state index >= 15 is 8.78 Å². The Balaban J connectivity index is 1.29. The highest BCUT2D eigenvalue weighted by Gasteiger charge is 2.38. The van der Waals surface area contributed by atoms with E-state index in [-0.39, 0.29) is 29.3 Å². The number of aromatic nitrogens is 4. The summed E-state index contributed by atoms with van der Waals surface area (Å²) >= 11 is 0. The van der Waals surface area contributed by atoms with Gasteiger partial charge in [0, 0.05) is 45.6 Å². The number of benzene rings is 1. The van der Waals surface area contributed by atoms with Gasteiger partial charge >= 0.3 is 6.09 Å². The lowest BCUT2D eigenvalue weighted by Gasteiger charge is -2.45. The monoisotopic (exact) mass is 631 g/mol. The Morgan fingerprint density at radius 3 is 2.61 bits per heavy atom. The smallest absolute Gasteiger partial charge is 0.409 e. The van der Waals surface area contributed by atoms with E-state index in [0.717, 1.165) is 5.69 Å². The van der Waals surface area contributed by atoms with E-state index in [1.54, 1.807) is 36.6 Å². The Kier molecular flexibility index (Phi) is 8.45. The lowest BCUT2D eigenvalue weighted by Crippen LogP contribution is -2.62. The van der Waals surface area contributed by atoms with Gasteiger partial charge in [0.2, 0.25) is 5.95 Å². The van der Waals surface area contributed by atoms with Crippen molar-refractivity contribution in [1.82, 2.24) is 24.5 Å². The van der Waals surface area contributed by atoms with E-state index in [4.69, 9.17) is 15.2 Å². The highest BCUT2D eigenvalue weighted by molar-refractivity contribution is 5.74. The minimum atomic E-state index is -1.01. The Hall–Kier alpha value is -4.87. The van der Waals surface area contributed by atoms with Gasteiger partial charge in [-0.3, -0.25) is 4.98 Å². The molecular weight excluding hydrogens is 596 g/mol. The number of halogens is 2. The van der Waals surface area contributed by atoms with E-state index in [9.17, 15) is 10.1 Å². The minimum absolute atomic E-state index is 0.0241. The maximum atomic E-state index is 15.6. The van der Waals surface area contributed by atoms with Crippen LogP contribution in [0.25, 0.3) is 16.8 Å². The molecule has 3 atom stereocenters. The minimum Gasteiger partial charge on any atom is -0.453 e. The van der Waals surface area contributed by atoms with E-state index in [1.165, 1.54) is 29.8 Å². The van der Waals surface area contributed by atoms with Gasteiger partial charge in [-0.05, 0) is 54.7 Å². The molecule has 0 aliphatic carbocycles. The number of amides is 1. The largest absolute Gasteiger partial charge is 0.453 e. The number of nitrogens with zero attached hydrogens (tertiary/aromatic N) is 7. The van der Waals surface area contributed by atoms with Gasteiger partial charge in [0.15, 0.2) is 0 Å². The van der Waals surface area contributed by atoms with Crippen molar-refractivity contribution in [2.75, 3.05) is 50.7 Å². The number of ether oxygens (including phenoxy) is 2. The van der Waals surface area contributed by atoms with Crippen LogP contribution in [0.1, 0.15) is 25.3 Å². The van der Waals surface area contributed by atoms with Crippen molar-refractivity contribution in [2.45, 2.75) is 37.3 Å². The molecule has 2 aliphatic rings. The average molecular weight is 632 g/mol. The molecule has 0 spiro atoms. The number of imidazole rings is 1. The van der Waals surface area contributed by atoms with Crippen molar-refractivity contribution in [3.8, 4) is 17.3 Å². The lowest BCUT2D eigenvalue weighted by molar-refractivity contribution is 0.0673. The molecule has 0 bridgehead atoms. The zero-order valence-electron chi connectivity index (χ0n) is 25.8. The molecule has 6 rings (SSSR count). The number of piperidine rings is 1. The fourth-order valence-electron chi connectivity index (χ4n) is 6.71. The van der Waals surface area contributed by atoms with Gasteiger partial charge in [-0.15, -0.1) is 0 Å². The molecular formula is C32H35F2N9O3. The van der Waals surface area contributed by atoms with Crippen LogP contribution in [0.15, 0.2) is 48.9 Å². The molecule has 3 aromatic heterocycles. The number of rotatable bonds is 6. The molecule has 5 heterocycles. The van der Waals surface area contributed by atoms with Gasteiger partial charge in [-0.2, -0.15) is 14.9 Å². The van der Waals surface area contributed by atoms with Gasteiger partial charge < -0.3 is 30.3 Å². The number of nitriles is 1. The molecule has 1 amide bonds. The second kappa shape index (κ2) is 12.5. The van der Waals surface area contributed by atoms with Gasteiger partial charge in [-0.1, -0.05) is 6.92 Å². The molecule has 0 radical (unpaired) electrons. The second-order valence-electron chi connectivity index (χ2n) is 11.9. The molecule has 240 valence electrons. The number of nitrogens with two attached hydrogens (primary N) is 1. The van der Waals surface area contributed by atoms with Crippen LogP contribution >= 0.6 is 0 Å². The van der Waals surface area contributed by atoms with Crippen molar-refractivity contribution < 1.29 is 23.0 Å². The van der Waals surface area contributed by atoms with Crippen LogP contribution in [0.5, 0.6) is 0 Å². The summed E-state index contributed by atoms with van der Waals surface area (Å²) in [5, 5.41) is 17.7. The average Bonchev–Trinajstić information content (AvgIpc) is 3.45. The molecule has 0 unspecified atom stereocenters. The van der Waals surface area contributed by atoms with Crippen LogP contribution in [0.4, 0.5) is 30.9 Å². The molecule has 2 fully saturated rings. The first-order valence-electron chi connectivity index (χ1n) is 15.0. The first kappa shape index (κ1) is 31.1. The van der Waals surface area contributed by atoms with Crippen LogP contribution in [-0.2, 0) is 14.9 Å². The molecule has 0 saturated carbocycles. The van der Waals surface area contributed by atoms with Crippen molar-refractivity contribution in [1.29, 1.82) is 5.26 Å². The number of likely N-dealkylation sites (N-methyl/N-ethyl adjacent to an activating group) is 1. The third-order valence-corrected chi connectivity index (χ3v) is 9.05. The molecule has 3 N–H and O–H groups in total. The highest BCUT2D eigenvalue weighted by atomic mass is 19.1. The summed E-state index contributed by atoms with van der Waals surface area (Å²) in [6.45, 7) is 3.81. The highest BCUT2D eigenvalue weighted by Crippen LogP contribution is 2.38. The summed E-state index contributed by atoms with van der Waals surface area (Å²) in [5.74, 6) is -1.28. The van der Waals surface area contributed by atoms with Crippen molar-refractivity contribution >= 4 is 28.9 Å². The van der Waals surface area contributed by atoms with Gasteiger partial charge in [0.1, 0.15) is 11.6 Å². The number of fused-ring (bicyclic) bond motifs is 1. The summed E-state index contributed by atoms with van der Waals surface area (Å²) in [7, 11) is 3.03. The lowest BCUT2D eigenvalue weighted by atomic mass is 9.75. The van der Waals surface area contributed by atoms with E-state index in [1.807, 2.05) is 13.0 Å². The third kappa shape index (κ3) is 5.56. The number of pyridine rings is 1. The summed E-state index contributed by atoms with van der Waals surface area (Å²) in [6.07, 6.45) is 5.21. The number of hydrogen-bond donors (Lipinski definition) is 2. The maximum absolute atomic E-state index is 15.6. The number of anilines is 3. The first-order chi connectivity index (χ1) is 22.2. The van der Waals surface area contributed by atoms with Crippen LogP contribution in [0, 0.1) is 28.9 Å². The first-order valence-corrected chi connectivity index (χ1v) is 15.0. The Morgan fingerprint density at radius 1 is 1.20 bits per heavy atom. The summed E-state index contributed by atoms with van der Waals surface area (Å²) in [6, 6.07) is 9.22. The maximum Gasteiger partial charge on any atom is 0.409 e. The second-order valence-corrected chi connectivity index (χ2v) is 11.9. The fraction of sp³-hybridized carbons (Fsp3) is 0.406. The molecule has 4 aromatic rings. The van der Waals surface area contributed by atoms with Crippen LogP contribution in [-0.4, -0.2) is 83.1 Å². The zero-order chi connectivity index (χ0) is 32.6. The van der Waals surface area contributed by atoms with E-state index in [2.05, 4.69) is 31.4 Å². The number of methoxy groups -OCH3 is 1. The molecule has 1 aromatic carbocycles. The topological polar surface area (TPSA) is 147 Å². The molecule has 14 heteroatoms. The standard InChI is InChI=1S/C32H35F2N9O3/c1-19-16-42(17-24(36)29(19)41(2)31(44)45-3)27-6-9-37-15-26(27)39-30-38-14-21-4-5-25(40-43(21)30)28-22(33)12-20(13-23(28)34)32(18-35)7-10-46-11-8-32/h4-6,9,12-15,19,24,29H,7-8,10-11,16-17,36H2,1-3H3,(H,38,39)/t19-,24+,29-/m0/s1. The predicted octanol–water partition coefficient (Wildman–Crippen LogP) is 4.24. The summed E-state index contributed by atoms with van der Waals surface area (Å²) < 4.78 is 42.9. The van der Waals surface area contributed by atoms with E-state index < -0.39 is 23.1 Å². The van der Waals surface area contributed by atoms with Gasteiger partial charge in [-0.25, -0.2) is 18.6 Å². The zero-order valence-corrected chi connectivity index (χ0v) is 25.8. The van der Waals surface area contributed by atoms with Crippen molar-refractivity contribution in [3.63, 3.8) is 0 Å². The van der Waals surface area contributed by atoms with Crippen LogP contribution in [0.3, 0.4) is 0 Å². The third-order valence-electron chi connectivity index (χ3n) is 9.05. The summed E-state index contributed by atoms with van der Waals surface area (Å²) in [5.41, 5.74) is 7.68. The van der Waals surface area contributed by atoms with Gasteiger partial charge in [0.05, 0.1) is 65.2 Å². The fourth-order valence-corrected chi connectivity index (χ4v) is 6.71. The quantitative estimate of drug-likeness (QED) is 0.317. The van der Waals surface area contributed by atoms with Crippen LogP contribution in [0.2, 0.25) is 0 Å². The molecule has 2 saturated heterocycles. The number of hydrogen-bond acceptors (Lipinski definition) is 10. The Bertz CT molecular complexity index is 1770. The number of carbonyl (C=O) groups excluding carboxylic acids is 1. The summed E-state index contributed by atoms with van der Waals surface area (Å²) in [4.78, 5) is 24.6. The molecule has 12 nitrogen and oxygen atoms in total. The Morgan fingerprint density at radius 2 is 1.93 bits per heavy atom. The number of nitrogens with one attached hydrogen (secondary N) is 1. The normalized spacial score (nSPS) is 21.1. The van der Waals surface area contributed by atoms with Crippen molar-refractivity contribution in [2.24, 2.45) is 11.7 Å². The Labute approximate surface area is 264 Å². The van der Waals surface area contributed by atoms with Crippen molar-refractivity contribution in [3.05, 3.63) is 66.1 Å². The van der Waals surface area contributed by atoms with Gasteiger partial charge in [0.25, 0.3) is 0 Å². The predicted molar refractivity (Wildman–Crippen MR) is 167 cm³/mol. The SMILES string of the molecule is COC(=O)N(C)[C@@H]1[C@H](N)CN(c2ccncc2Nc2ncc3ccc(-c4c(F)cc(C5(C#N)CCOCC5)cc4F)nn23)C[C@@H]1C. The molecule has 46 heavy (non-hydrogen) atoms. The van der Waals surface area contributed by atoms with E-state index in [0.29, 0.717) is 61.9 Å². The molecule has 2 aliphatic heterocycles. The number of carbonyl (C=O) groups is 1. The van der Waals surface area contributed by atoms with Crippen LogP contribution < -0.4 is 16.0 Å².